The molecule has 42 heavy (non-hydrogen) atoms. The van der Waals surface area contributed by atoms with Gasteiger partial charge in [0.25, 0.3) is 5.91 Å². The van der Waals surface area contributed by atoms with Crippen LogP contribution in [0.4, 0.5) is 33.6 Å². The highest BCUT2D eigenvalue weighted by molar-refractivity contribution is 6.07. The molecule has 0 spiro atoms. The third kappa shape index (κ3) is 5.36. The number of anilines is 5. The van der Waals surface area contributed by atoms with E-state index in [1.807, 2.05) is 63.2 Å². The van der Waals surface area contributed by atoms with Crippen molar-refractivity contribution in [3.63, 3.8) is 0 Å². The Morgan fingerprint density at radius 3 is 2.48 bits per heavy atom. The van der Waals surface area contributed by atoms with Crippen LogP contribution in [0.1, 0.15) is 41.0 Å². The number of aryl methyl sites for hydroxylation is 1. The molecule has 0 saturated heterocycles. The van der Waals surface area contributed by atoms with Crippen LogP contribution in [0.15, 0.2) is 78.0 Å². The van der Waals surface area contributed by atoms with Crippen molar-refractivity contribution < 1.29 is 14.3 Å². The molecule has 3 amide bonds. The third-order valence-electron chi connectivity index (χ3n) is 7.00. The molecule has 0 aliphatic carbocycles. The fourth-order valence-corrected chi connectivity index (χ4v) is 4.77. The van der Waals surface area contributed by atoms with Crippen LogP contribution in [0.2, 0.25) is 0 Å². The van der Waals surface area contributed by atoms with Crippen LogP contribution < -0.4 is 20.4 Å². The van der Waals surface area contributed by atoms with E-state index in [2.05, 4.69) is 30.6 Å². The molecular weight excluding hydrogens is 532 g/mol. The summed E-state index contributed by atoms with van der Waals surface area (Å²) in [7, 11) is 1.67. The van der Waals surface area contributed by atoms with Gasteiger partial charge in [-0.2, -0.15) is 4.98 Å². The van der Waals surface area contributed by atoms with Crippen molar-refractivity contribution in [2.45, 2.75) is 32.9 Å². The Hall–Kier alpha value is -5.32. The monoisotopic (exact) mass is 562 g/mol. The Morgan fingerprint density at radius 2 is 1.76 bits per heavy atom. The van der Waals surface area contributed by atoms with Crippen LogP contribution in [0.3, 0.4) is 0 Å². The van der Waals surface area contributed by atoms with Gasteiger partial charge in [-0.15, -0.1) is 0 Å². The summed E-state index contributed by atoms with van der Waals surface area (Å²) in [6.07, 6.45) is 3.29. The number of amides is 3. The largest absolute Gasteiger partial charge is 0.475 e. The van der Waals surface area contributed by atoms with Crippen LogP contribution >= 0.6 is 0 Å². The van der Waals surface area contributed by atoms with E-state index in [0.717, 1.165) is 16.8 Å². The first-order valence-electron chi connectivity index (χ1n) is 13.5. The van der Waals surface area contributed by atoms with E-state index in [0.29, 0.717) is 46.9 Å². The SMILES string of the molecule is Cc1ncc(NC(=O)c2ccc(C3=NC(C)(C)CO3)cc2)cc1N1Cc2cnc(Nc3ccccc3)nc2N(C)C1=O. The van der Waals surface area contributed by atoms with E-state index in [1.165, 1.54) is 4.90 Å². The topological polar surface area (TPSA) is 125 Å². The number of hydrogen-bond acceptors (Lipinski definition) is 8. The smallest absolute Gasteiger partial charge is 0.330 e. The van der Waals surface area contributed by atoms with Crippen molar-refractivity contribution in [1.29, 1.82) is 0 Å². The van der Waals surface area contributed by atoms with Crippen LogP contribution in [0.25, 0.3) is 0 Å². The normalized spacial score (nSPS) is 15.5. The number of nitrogens with one attached hydrogen (secondary N) is 2. The zero-order valence-electron chi connectivity index (χ0n) is 23.8. The van der Waals surface area contributed by atoms with E-state index in [1.54, 1.807) is 42.5 Å². The molecule has 2 aliphatic heterocycles. The number of nitrogens with zero attached hydrogens (tertiary/aromatic N) is 6. The molecule has 4 heterocycles. The number of para-hydroxylation sites is 1. The average Bonchev–Trinajstić information content (AvgIpc) is 3.36. The Balaban J connectivity index is 1.19. The number of carbonyl (C=O) groups is 2. The van der Waals surface area contributed by atoms with Gasteiger partial charge in [0.15, 0.2) is 0 Å². The Bertz CT molecular complexity index is 1700. The second-order valence-corrected chi connectivity index (χ2v) is 10.8. The first kappa shape index (κ1) is 26.9. The van der Waals surface area contributed by atoms with Gasteiger partial charge in [0, 0.05) is 35.6 Å². The van der Waals surface area contributed by atoms with Gasteiger partial charge in [-0.1, -0.05) is 18.2 Å². The molecule has 212 valence electrons. The molecule has 4 aromatic rings. The predicted octanol–water partition coefficient (Wildman–Crippen LogP) is 5.31. The van der Waals surface area contributed by atoms with E-state index in [-0.39, 0.29) is 24.0 Å². The first-order chi connectivity index (χ1) is 20.2. The molecule has 0 fully saturated rings. The van der Waals surface area contributed by atoms with Crippen LogP contribution in [0.5, 0.6) is 0 Å². The maximum Gasteiger partial charge on any atom is 0.330 e. The summed E-state index contributed by atoms with van der Waals surface area (Å²) in [4.78, 5) is 47.7. The van der Waals surface area contributed by atoms with Crippen molar-refractivity contribution in [3.05, 3.63) is 95.4 Å². The number of hydrogen-bond donors (Lipinski definition) is 2. The van der Waals surface area contributed by atoms with Crippen LogP contribution in [-0.2, 0) is 11.3 Å². The lowest BCUT2D eigenvalue weighted by Crippen LogP contribution is -2.46. The van der Waals surface area contributed by atoms with Gasteiger partial charge >= 0.3 is 6.03 Å². The fraction of sp³-hybridized carbons (Fsp3) is 0.226. The van der Waals surface area contributed by atoms with E-state index in [4.69, 9.17) is 4.74 Å². The molecule has 0 radical (unpaired) electrons. The number of benzene rings is 2. The number of rotatable bonds is 6. The number of aromatic nitrogens is 3. The summed E-state index contributed by atoms with van der Waals surface area (Å²) < 4.78 is 5.69. The van der Waals surface area contributed by atoms with Gasteiger partial charge in [0.05, 0.1) is 35.3 Å². The summed E-state index contributed by atoms with van der Waals surface area (Å²) in [6, 6.07) is 18.2. The quantitative estimate of drug-likeness (QED) is 0.326. The Labute approximate surface area is 243 Å². The van der Waals surface area contributed by atoms with Crippen molar-refractivity contribution in [1.82, 2.24) is 15.0 Å². The van der Waals surface area contributed by atoms with Gasteiger partial charge in [-0.05, 0) is 63.2 Å². The van der Waals surface area contributed by atoms with Crippen molar-refractivity contribution in [2.75, 3.05) is 34.1 Å². The highest BCUT2D eigenvalue weighted by Crippen LogP contribution is 2.32. The summed E-state index contributed by atoms with van der Waals surface area (Å²) in [5.41, 5.74) is 4.35. The summed E-state index contributed by atoms with van der Waals surface area (Å²) >= 11 is 0. The minimum absolute atomic E-state index is 0.258. The second kappa shape index (κ2) is 10.6. The Kier molecular flexibility index (Phi) is 6.77. The van der Waals surface area contributed by atoms with Crippen molar-refractivity contribution >= 4 is 46.7 Å². The summed E-state index contributed by atoms with van der Waals surface area (Å²) in [5.74, 6) is 1.20. The lowest BCUT2D eigenvalue weighted by Gasteiger charge is -2.34. The highest BCUT2D eigenvalue weighted by atomic mass is 16.5. The number of fused-ring (bicyclic) bond motifs is 1. The van der Waals surface area contributed by atoms with Gasteiger partial charge in [-0.3, -0.25) is 19.6 Å². The van der Waals surface area contributed by atoms with E-state index < -0.39 is 0 Å². The van der Waals surface area contributed by atoms with Gasteiger partial charge in [0.2, 0.25) is 11.8 Å². The molecule has 11 nitrogen and oxygen atoms in total. The third-order valence-corrected chi connectivity index (χ3v) is 7.00. The molecule has 2 aromatic carbocycles. The van der Waals surface area contributed by atoms with Crippen LogP contribution in [-0.4, -0.2) is 52.0 Å². The molecular formula is C31H30N8O3. The minimum atomic E-state index is -0.299. The molecule has 0 bridgehead atoms. The molecule has 0 unspecified atom stereocenters. The molecule has 2 aromatic heterocycles. The predicted molar refractivity (Wildman–Crippen MR) is 162 cm³/mol. The van der Waals surface area contributed by atoms with Gasteiger partial charge in [0.1, 0.15) is 12.4 Å². The van der Waals surface area contributed by atoms with Crippen LogP contribution in [0, 0.1) is 6.92 Å². The number of carbonyl (C=O) groups excluding carboxylic acids is 2. The number of ether oxygens (including phenoxy) is 1. The summed E-state index contributed by atoms with van der Waals surface area (Å²) in [6.45, 7) is 6.62. The van der Waals surface area contributed by atoms with Crippen molar-refractivity contribution in [2.24, 2.45) is 4.99 Å². The van der Waals surface area contributed by atoms with Gasteiger partial charge < -0.3 is 15.4 Å². The average molecular weight is 563 g/mol. The maximum absolute atomic E-state index is 13.5. The van der Waals surface area contributed by atoms with Crippen molar-refractivity contribution in [3.8, 4) is 0 Å². The highest BCUT2D eigenvalue weighted by Gasteiger charge is 2.32. The number of aliphatic imine (C=N–C) groups is 1. The van der Waals surface area contributed by atoms with E-state index in [9.17, 15) is 9.59 Å². The molecule has 2 aliphatic rings. The number of urea groups is 1. The number of pyridine rings is 1. The zero-order valence-corrected chi connectivity index (χ0v) is 23.8. The lowest BCUT2D eigenvalue weighted by molar-refractivity contribution is 0.102. The fourth-order valence-electron chi connectivity index (χ4n) is 4.77. The second-order valence-electron chi connectivity index (χ2n) is 10.8. The molecule has 2 N–H and O–H groups in total. The maximum atomic E-state index is 13.5. The Morgan fingerprint density at radius 1 is 1.00 bits per heavy atom. The standard InChI is InChI=1S/C31H30N8O3/c1-19-25(39-17-22-15-33-29(35-23-8-6-5-7-9-23)36-26(22)38(4)30(39)41)14-24(16-32-19)34-27(40)20-10-12-21(13-11-20)28-37-31(2,3)18-42-28/h5-16H,17-18H2,1-4H3,(H,34,40)(H,33,35,36). The van der Waals surface area contributed by atoms with E-state index >= 15 is 0 Å². The molecule has 0 saturated carbocycles. The zero-order chi connectivity index (χ0) is 29.4. The molecule has 6 rings (SSSR count). The minimum Gasteiger partial charge on any atom is -0.475 e. The lowest BCUT2D eigenvalue weighted by atomic mass is 10.1. The molecule has 0 atom stereocenters. The first-order valence-corrected chi connectivity index (χ1v) is 13.5. The van der Waals surface area contributed by atoms with Gasteiger partial charge in [-0.25, -0.2) is 14.8 Å². The molecule has 11 heteroatoms. The summed E-state index contributed by atoms with van der Waals surface area (Å²) in [5, 5.41) is 6.06.